The van der Waals surface area contributed by atoms with Gasteiger partial charge in [-0.15, -0.1) is 0 Å². The first-order chi connectivity index (χ1) is 12.2. The minimum Gasteiger partial charge on any atom is -0.497 e. The van der Waals surface area contributed by atoms with Crippen LogP contribution in [0.5, 0.6) is 5.75 Å². The van der Waals surface area contributed by atoms with E-state index in [-0.39, 0.29) is 12.1 Å². The normalized spacial score (nSPS) is 17.0. The summed E-state index contributed by atoms with van der Waals surface area (Å²) >= 11 is 0. The number of carbonyl (C=O) groups is 1. The first kappa shape index (κ1) is 17.0. The Labute approximate surface area is 147 Å². The van der Waals surface area contributed by atoms with E-state index in [9.17, 15) is 4.79 Å². The molecule has 1 aliphatic heterocycles. The molecule has 1 aromatic carbocycles. The van der Waals surface area contributed by atoms with Crippen LogP contribution in [0.2, 0.25) is 0 Å². The summed E-state index contributed by atoms with van der Waals surface area (Å²) in [6.07, 6.45) is 5.43. The lowest BCUT2D eigenvalue weighted by Crippen LogP contribution is -2.50. The molecule has 1 saturated heterocycles. The van der Waals surface area contributed by atoms with Crippen LogP contribution in [0, 0.1) is 0 Å². The highest BCUT2D eigenvalue weighted by molar-refractivity contribution is 5.74. The number of piperidine rings is 1. The number of amides is 2. The van der Waals surface area contributed by atoms with Crippen molar-refractivity contribution in [2.75, 3.05) is 25.1 Å². The van der Waals surface area contributed by atoms with Gasteiger partial charge >= 0.3 is 6.03 Å². The number of anilines is 1. The van der Waals surface area contributed by atoms with Gasteiger partial charge in [0, 0.05) is 38.1 Å². The fraction of sp³-hybridized carbons (Fsp3) is 0.389. The van der Waals surface area contributed by atoms with E-state index >= 15 is 0 Å². The van der Waals surface area contributed by atoms with Crippen LogP contribution in [0.15, 0.2) is 42.7 Å². The summed E-state index contributed by atoms with van der Waals surface area (Å²) in [7, 11) is 1.63. The van der Waals surface area contributed by atoms with E-state index < -0.39 is 0 Å². The topological polar surface area (TPSA) is 79.4 Å². The van der Waals surface area contributed by atoms with Crippen molar-refractivity contribution >= 4 is 12.0 Å². The number of aromatic nitrogens is 2. The number of nitrogens with zero attached hydrogens (tertiary/aromatic N) is 3. The Morgan fingerprint density at radius 3 is 2.76 bits per heavy atom. The zero-order valence-corrected chi connectivity index (χ0v) is 14.3. The first-order valence-electron chi connectivity index (χ1n) is 8.44. The molecule has 0 spiro atoms. The van der Waals surface area contributed by atoms with E-state index in [1.165, 1.54) is 0 Å². The minimum atomic E-state index is -0.156. The van der Waals surface area contributed by atoms with Gasteiger partial charge in [-0.25, -0.2) is 14.8 Å². The fourth-order valence-electron chi connectivity index (χ4n) is 2.89. The maximum Gasteiger partial charge on any atom is 0.315 e. The molecule has 3 rings (SSSR count). The molecule has 0 bridgehead atoms. The Morgan fingerprint density at radius 1 is 1.28 bits per heavy atom. The van der Waals surface area contributed by atoms with Crippen molar-refractivity contribution in [1.82, 2.24) is 20.6 Å². The molecule has 1 aliphatic rings. The van der Waals surface area contributed by atoms with Gasteiger partial charge in [0.15, 0.2) is 0 Å². The average Bonchev–Trinajstić information content (AvgIpc) is 2.68. The molecule has 0 radical (unpaired) electrons. The van der Waals surface area contributed by atoms with Gasteiger partial charge in [0.05, 0.1) is 7.11 Å². The van der Waals surface area contributed by atoms with Gasteiger partial charge < -0.3 is 20.3 Å². The van der Waals surface area contributed by atoms with Gasteiger partial charge in [0.1, 0.15) is 5.75 Å². The average molecular weight is 341 g/mol. The number of hydrogen-bond donors (Lipinski definition) is 2. The van der Waals surface area contributed by atoms with Crippen molar-refractivity contribution in [3.8, 4) is 5.75 Å². The highest BCUT2D eigenvalue weighted by atomic mass is 16.5. The number of hydrogen-bond acceptors (Lipinski definition) is 5. The molecule has 132 valence electrons. The summed E-state index contributed by atoms with van der Waals surface area (Å²) in [5.41, 5.74) is 1.03. The van der Waals surface area contributed by atoms with Crippen LogP contribution >= 0.6 is 0 Å². The van der Waals surface area contributed by atoms with Crippen molar-refractivity contribution in [3.05, 3.63) is 48.3 Å². The molecular weight excluding hydrogens is 318 g/mol. The van der Waals surface area contributed by atoms with Crippen molar-refractivity contribution in [3.63, 3.8) is 0 Å². The van der Waals surface area contributed by atoms with Gasteiger partial charge in [-0.3, -0.25) is 0 Å². The Kier molecular flexibility index (Phi) is 5.66. The molecule has 0 unspecified atom stereocenters. The van der Waals surface area contributed by atoms with E-state index in [1.54, 1.807) is 25.6 Å². The van der Waals surface area contributed by atoms with Crippen LogP contribution in [0.3, 0.4) is 0 Å². The zero-order chi connectivity index (χ0) is 17.5. The fourth-order valence-corrected chi connectivity index (χ4v) is 2.89. The number of carbonyl (C=O) groups excluding carboxylic acids is 1. The largest absolute Gasteiger partial charge is 0.497 e. The third kappa shape index (κ3) is 4.82. The summed E-state index contributed by atoms with van der Waals surface area (Å²) in [5.74, 6) is 1.52. The summed E-state index contributed by atoms with van der Waals surface area (Å²) in [5, 5.41) is 5.94. The molecule has 25 heavy (non-hydrogen) atoms. The van der Waals surface area contributed by atoms with Gasteiger partial charge in [0.25, 0.3) is 0 Å². The maximum atomic E-state index is 12.2. The maximum absolute atomic E-state index is 12.2. The molecule has 7 heteroatoms. The molecule has 1 atom stereocenters. The van der Waals surface area contributed by atoms with Crippen molar-refractivity contribution in [2.45, 2.75) is 25.4 Å². The summed E-state index contributed by atoms with van der Waals surface area (Å²) in [6, 6.07) is 9.38. The van der Waals surface area contributed by atoms with E-state index in [0.29, 0.717) is 12.5 Å². The van der Waals surface area contributed by atoms with Crippen LogP contribution in [0.25, 0.3) is 0 Å². The molecule has 1 fully saturated rings. The van der Waals surface area contributed by atoms with Crippen LogP contribution in [-0.4, -0.2) is 42.2 Å². The summed E-state index contributed by atoms with van der Waals surface area (Å²) in [6.45, 7) is 2.11. The van der Waals surface area contributed by atoms with Crippen LogP contribution in [0.1, 0.15) is 18.4 Å². The SMILES string of the molecule is COc1ccc(CNC(=O)N[C@@H]2CCCN(c3ncccn3)C2)cc1. The highest BCUT2D eigenvalue weighted by Gasteiger charge is 2.22. The van der Waals surface area contributed by atoms with Crippen LogP contribution in [-0.2, 0) is 6.54 Å². The second-order valence-electron chi connectivity index (χ2n) is 6.01. The molecule has 2 aromatic rings. The minimum absolute atomic E-state index is 0.0911. The molecule has 1 aromatic heterocycles. The Morgan fingerprint density at radius 2 is 2.04 bits per heavy atom. The van der Waals surface area contributed by atoms with Crippen LogP contribution in [0.4, 0.5) is 10.7 Å². The molecule has 0 aliphatic carbocycles. The zero-order valence-electron chi connectivity index (χ0n) is 14.3. The van der Waals surface area contributed by atoms with E-state index in [4.69, 9.17) is 4.74 Å². The van der Waals surface area contributed by atoms with E-state index in [2.05, 4.69) is 25.5 Å². The molecular formula is C18H23N5O2. The lowest BCUT2D eigenvalue weighted by Gasteiger charge is -2.33. The van der Waals surface area contributed by atoms with Gasteiger partial charge in [-0.05, 0) is 36.6 Å². The second-order valence-corrected chi connectivity index (χ2v) is 6.01. The second kappa shape index (κ2) is 8.32. The predicted molar refractivity (Wildman–Crippen MR) is 95.6 cm³/mol. The Balaban J connectivity index is 1.47. The Bertz CT molecular complexity index is 678. The summed E-state index contributed by atoms with van der Waals surface area (Å²) in [4.78, 5) is 22.8. The third-order valence-corrected chi connectivity index (χ3v) is 4.20. The highest BCUT2D eigenvalue weighted by Crippen LogP contribution is 2.15. The number of rotatable bonds is 5. The third-order valence-electron chi connectivity index (χ3n) is 4.20. The molecule has 2 N–H and O–H groups in total. The lowest BCUT2D eigenvalue weighted by molar-refractivity contribution is 0.234. The van der Waals surface area contributed by atoms with Crippen LogP contribution < -0.4 is 20.3 Å². The van der Waals surface area contributed by atoms with Crippen molar-refractivity contribution in [2.24, 2.45) is 0 Å². The number of urea groups is 1. The van der Waals surface area contributed by atoms with E-state index in [1.807, 2.05) is 24.3 Å². The van der Waals surface area contributed by atoms with Gasteiger partial charge in [-0.1, -0.05) is 12.1 Å². The first-order valence-corrected chi connectivity index (χ1v) is 8.44. The number of ether oxygens (including phenoxy) is 1. The van der Waals surface area contributed by atoms with Crippen molar-refractivity contribution < 1.29 is 9.53 Å². The standard InChI is InChI=1S/C18H23N5O2/c1-25-16-7-5-14(6-8-16)12-21-18(24)22-15-4-2-11-23(13-15)17-19-9-3-10-20-17/h3,5-10,15H,2,4,11-13H2,1H3,(H2,21,22,24)/t15-/m1/s1. The molecule has 7 nitrogen and oxygen atoms in total. The molecule has 2 amide bonds. The lowest BCUT2D eigenvalue weighted by atomic mass is 10.1. The number of methoxy groups -OCH3 is 1. The smallest absolute Gasteiger partial charge is 0.315 e. The summed E-state index contributed by atoms with van der Waals surface area (Å²) < 4.78 is 5.13. The number of nitrogens with one attached hydrogen (secondary N) is 2. The number of benzene rings is 1. The van der Waals surface area contributed by atoms with Gasteiger partial charge in [-0.2, -0.15) is 0 Å². The molecule has 0 saturated carbocycles. The quantitative estimate of drug-likeness (QED) is 0.869. The molecule has 2 heterocycles. The van der Waals surface area contributed by atoms with Gasteiger partial charge in [0.2, 0.25) is 5.95 Å². The monoisotopic (exact) mass is 341 g/mol. The predicted octanol–water partition coefficient (Wildman–Crippen LogP) is 1.95. The van der Waals surface area contributed by atoms with Crippen molar-refractivity contribution in [1.29, 1.82) is 0 Å². The van der Waals surface area contributed by atoms with E-state index in [0.717, 1.165) is 37.2 Å². The Hall–Kier alpha value is -2.83.